The number of benzene rings is 9. The van der Waals surface area contributed by atoms with Crippen molar-refractivity contribution in [2.24, 2.45) is 0 Å². The standard InChI is InChI=1S/C50H34N2/c1-4-14-35(15-5-1)37-24-28-40(29-25-37)51(41-30-26-38(27-31-41)36-16-6-2-7-17-36)42-32-33-47-48(34-42)52(39-18-8-3-9-19-39)50-46-23-13-11-21-44(46)43-20-10-12-22-45(43)49(47)50/h1-34H/i1D,4D,5D,14D,15D. The summed E-state index contributed by atoms with van der Waals surface area (Å²) in [5.74, 6) is 0. The zero-order valence-electron chi connectivity index (χ0n) is 33.1. The van der Waals surface area contributed by atoms with Crippen LogP contribution in [0.5, 0.6) is 0 Å². The topological polar surface area (TPSA) is 8.17 Å². The lowest BCUT2D eigenvalue weighted by molar-refractivity contribution is 1.18. The van der Waals surface area contributed by atoms with Crippen LogP contribution in [0.2, 0.25) is 0 Å². The van der Waals surface area contributed by atoms with Gasteiger partial charge in [-0.1, -0.05) is 158 Å². The molecule has 0 atom stereocenters. The van der Waals surface area contributed by atoms with Gasteiger partial charge in [-0.25, -0.2) is 0 Å². The Morgan fingerprint density at radius 2 is 0.885 bits per heavy atom. The van der Waals surface area contributed by atoms with Crippen LogP contribution in [0, 0.1) is 0 Å². The Kier molecular flexibility index (Phi) is 6.01. The van der Waals surface area contributed by atoms with Crippen LogP contribution >= 0.6 is 0 Å². The number of hydrogen-bond donors (Lipinski definition) is 0. The van der Waals surface area contributed by atoms with Crippen molar-refractivity contribution < 1.29 is 6.85 Å². The van der Waals surface area contributed by atoms with Gasteiger partial charge in [-0.15, -0.1) is 0 Å². The SMILES string of the molecule is [2H]c1c([2H])c([2H])c(-c2ccc(N(c3ccc(-c4ccccc4)cc3)c3ccc4c5c6ccccc6c6ccccc6c5n(-c5ccccc5)c4c3)cc2)c([2H])c1[2H]. The molecule has 0 unspecified atom stereocenters. The quantitative estimate of drug-likeness (QED) is 0.160. The first-order valence-electron chi connectivity index (χ1n) is 19.9. The molecule has 10 rings (SSSR count). The number of para-hydroxylation sites is 1. The van der Waals surface area contributed by atoms with Gasteiger partial charge in [0.15, 0.2) is 0 Å². The molecule has 2 heteroatoms. The lowest BCUT2D eigenvalue weighted by Gasteiger charge is -2.26. The summed E-state index contributed by atoms with van der Waals surface area (Å²) in [7, 11) is 0. The second kappa shape index (κ2) is 12.5. The van der Waals surface area contributed by atoms with E-state index in [4.69, 9.17) is 6.85 Å². The Bertz CT molecular complexity index is 3130. The molecule has 0 aliphatic heterocycles. The molecule has 0 fully saturated rings. The Morgan fingerprint density at radius 1 is 0.385 bits per heavy atom. The fourth-order valence-corrected chi connectivity index (χ4v) is 7.70. The Balaban J connectivity index is 1.22. The van der Waals surface area contributed by atoms with Crippen LogP contribution in [0.3, 0.4) is 0 Å². The lowest BCUT2D eigenvalue weighted by atomic mass is 9.96. The maximum Gasteiger partial charge on any atom is 0.0629 e. The monoisotopic (exact) mass is 667 g/mol. The summed E-state index contributed by atoms with van der Waals surface area (Å²) in [4.78, 5) is 2.21. The van der Waals surface area contributed by atoms with Gasteiger partial charge in [0.05, 0.1) is 17.9 Å². The summed E-state index contributed by atoms with van der Waals surface area (Å²) in [5.41, 5.74) is 9.01. The molecule has 10 aromatic rings. The largest absolute Gasteiger partial charge is 0.310 e. The Morgan fingerprint density at radius 3 is 1.54 bits per heavy atom. The maximum atomic E-state index is 8.60. The van der Waals surface area contributed by atoms with Crippen LogP contribution in [0.4, 0.5) is 17.1 Å². The minimum atomic E-state index is -0.403. The van der Waals surface area contributed by atoms with Crippen LogP contribution in [0.1, 0.15) is 6.85 Å². The molecule has 0 amide bonds. The highest BCUT2D eigenvalue weighted by Crippen LogP contribution is 2.45. The Hall–Kier alpha value is -6.90. The third-order valence-corrected chi connectivity index (χ3v) is 10.0. The minimum absolute atomic E-state index is 0.180. The normalized spacial score (nSPS) is 12.8. The smallest absolute Gasteiger partial charge is 0.0629 e. The molecule has 0 bridgehead atoms. The zero-order chi connectivity index (χ0) is 38.8. The average molecular weight is 668 g/mol. The second-order valence-corrected chi connectivity index (χ2v) is 13.0. The molecular weight excluding hydrogens is 629 g/mol. The summed E-state index contributed by atoms with van der Waals surface area (Å²) in [6.45, 7) is 0. The third kappa shape index (κ3) is 4.96. The van der Waals surface area contributed by atoms with E-state index in [1.54, 1.807) is 0 Å². The van der Waals surface area contributed by atoms with E-state index in [0.29, 0.717) is 5.56 Å². The van der Waals surface area contributed by atoms with E-state index in [0.717, 1.165) is 50.3 Å². The molecular formula is C50H34N2. The highest BCUT2D eigenvalue weighted by molar-refractivity contribution is 6.32. The zero-order valence-corrected chi connectivity index (χ0v) is 28.1. The van der Waals surface area contributed by atoms with Gasteiger partial charge in [0.25, 0.3) is 0 Å². The first-order chi connectivity index (χ1) is 27.9. The van der Waals surface area contributed by atoms with Crippen molar-refractivity contribution in [3.8, 4) is 27.9 Å². The highest BCUT2D eigenvalue weighted by Gasteiger charge is 2.21. The molecule has 1 heterocycles. The second-order valence-electron chi connectivity index (χ2n) is 13.0. The summed E-state index contributed by atoms with van der Waals surface area (Å²) in [5, 5.41) is 7.17. The van der Waals surface area contributed by atoms with Crippen molar-refractivity contribution in [1.82, 2.24) is 4.57 Å². The molecule has 0 saturated carbocycles. The van der Waals surface area contributed by atoms with Gasteiger partial charge in [-0.05, 0) is 86.9 Å². The molecule has 0 N–H and O–H groups in total. The molecule has 0 aliphatic rings. The van der Waals surface area contributed by atoms with E-state index in [1.165, 1.54) is 26.9 Å². The summed E-state index contributed by atoms with van der Waals surface area (Å²) >= 11 is 0. The molecule has 52 heavy (non-hydrogen) atoms. The average Bonchev–Trinajstić information content (AvgIpc) is 3.62. The number of rotatable bonds is 6. The Labute approximate surface area is 310 Å². The molecule has 0 spiro atoms. The van der Waals surface area contributed by atoms with Crippen LogP contribution in [0.25, 0.3) is 71.3 Å². The van der Waals surface area contributed by atoms with E-state index in [9.17, 15) is 0 Å². The van der Waals surface area contributed by atoms with Gasteiger partial charge in [0.1, 0.15) is 0 Å². The van der Waals surface area contributed by atoms with Crippen LogP contribution in [-0.4, -0.2) is 4.57 Å². The van der Waals surface area contributed by atoms with Crippen molar-refractivity contribution >= 4 is 60.4 Å². The molecule has 0 saturated heterocycles. The first kappa shape index (κ1) is 25.1. The molecule has 244 valence electrons. The minimum Gasteiger partial charge on any atom is -0.310 e. The van der Waals surface area contributed by atoms with E-state index < -0.39 is 6.04 Å². The third-order valence-electron chi connectivity index (χ3n) is 10.0. The van der Waals surface area contributed by atoms with Gasteiger partial charge >= 0.3 is 0 Å². The van der Waals surface area contributed by atoms with Gasteiger partial charge < -0.3 is 9.47 Å². The van der Waals surface area contributed by atoms with E-state index in [1.807, 2.05) is 48.5 Å². The first-order valence-corrected chi connectivity index (χ1v) is 17.4. The predicted octanol–water partition coefficient (Wildman–Crippen LogP) is 13.9. The van der Waals surface area contributed by atoms with Crippen LogP contribution < -0.4 is 4.90 Å². The number of hydrogen-bond acceptors (Lipinski definition) is 1. The van der Waals surface area contributed by atoms with Gasteiger partial charge in [-0.3, -0.25) is 0 Å². The number of anilines is 3. The summed E-state index contributed by atoms with van der Waals surface area (Å²) in [6, 6.07) is 59.4. The van der Waals surface area contributed by atoms with Crippen molar-refractivity contribution in [3.05, 3.63) is 206 Å². The van der Waals surface area contributed by atoms with Crippen molar-refractivity contribution in [2.75, 3.05) is 4.90 Å². The van der Waals surface area contributed by atoms with Crippen molar-refractivity contribution in [2.45, 2.75) is 0 Å². The van der Waals surface area contributed by atoms with Crippen molar-refractivity contribution in [1.29, 1.82) is 0 Å². The molecule has 2 nitrogen and oxygen atoms in total. The van der Waals surface area contributed by atoms with Gasteiger partial charge in [-0.2, -0.15) is 0 Å². The predicted molar refractivity (Wildman–Crippen MR) is 221 cm³/mol. The lowest BCUT2D eigenvalue weighted by Crippen LogP contribution is -2.10. The van der Waals surface area contributed by atoms with E-state index >= 15 is 0 Å². The van der Waals surface area contributed by atoms with Gasteiger partial charge in [0.2, 0.25) is 0 Å². The molecule has 9 aromatic carbocycles. The van der Waals surface area contributed by atoms with Crippen LogP contribution in [0.15, 0.2) is 206 Å². The fraction of sp³-hybridized carbons (Fsp3) is 0. The van der Waals surface area contributed by atoms with Crippen LogP contribution in [-0.2, 0) is 0 Å². The number of fused-ring (bicyclic) bond motifs is 8. The number of nitrogens with zero attached hydrogens (tertiary/aromatic N) is 2. The highest BCUT2D eigenvalue weighted by atomic mass is 15.1. The number of aromatic nitrogens is 1. The molecule has 0 aliphatic carbocycles. The van der Waals surface area contributed by atoms with E-state index in [-0.39, 0.29) is 29.7 Å². The molecule has 0 radical (unpaired) electrons. The van der Waals surface area contributed by atoms with Gasteiger partial charge in [0, 0.05) is 38.9 Å². The maximum absolute atomic E-state index is 8.60. The fourth-order valence-electron chi connectivity index (χ4n) is 7.70. The summed E-state index contributed by atoms with van der Waals surface area (Å²) < 4.78 is 44.2. The molecule has 1 aromatic heterocycles. The van der Waals surface area contributed by atoms with E-state index in [2.05, 4.69) is 137 Å². The summed E-state index contributed by atoms with van der Waals surface area (Å²) in [6.07, 6.45) is 0. The van der Waals surface area contributed by atoms with Crippen molar-refractivity contribution in [3.63, 3.8) is 0 Å².